The van der Waals surface area contributed by atoms with Crippen LogP contribution in [0.3, 0.4) is 0 Å². The van der Waals surface area contributed by atoms with E-state index >= 15 is 8.78 Å². The van der Waals surface area contributed by atoms with E-state index in [4.69, 9.17) is 0 Å². The van der Waals surface area contributed by atoms with Crippen molar-refractivity contribution in [3.05, 3.63) is 65.5 Å². The Morgan fingerprint density at radius 3 is 1.69 bits per heavy atom. The van der Waals surface area contributed by atoms with Crippen molar-refractivity contribution in [1.29, 1.82) is 0 Å². The number of alkyl halides is 9. The zero-order chi connectivity index (χ0) is 30.9. The number of benzene rings is 1. The lowest BCUT2D eigenvalue weighted by Gasteiger charge is -2.58. The molecule has 1 heterocycles. The fourth-order valence-electron chi connectivity index (χ4n) is 8.39. The Labute approximate surface area is 236 Å². The van der Waals surface area contributed by atoms with E-state index in [2.05, 4.69) is 4.98 Å². The lowest BCUT2D eigenvalue weighted by atomic mass is 9.46. The van der Waals surface area contributed by atoms with Gasteiger partial charge in [0.05, 0.1) is 5.92 Å². The van der Waals surface area contributed by atoms with Crippen LogP contribution in [0.4, 0.5) is 39.5 Å². The van der Waals surface area contributed by atoms with Crippen LogP contribution in [0, 0.1) is 23.2 Å². The minimum Gasteiger partial charge on any atom is -0.481 e. The summed E-state index contributed by atoms with van der Waals surface area (Å²) >= 11 is 0. The molecule has 1 N–H and O–H groups in total. The molecule has 3 nitrogen and oxygen atoms in total. The number of carboxylic acids is 1. The van der Waals surface area contributed by atoms with Crippen molar-refractivity contribution >= 4 is 5.97 Å². The summed E-state index contributed by atoms with van der Waals surface area (Å²) < 4.78 is 124. The van der Waals surface area contributed by atoms with Gasteiger partial charge in [-0.1, -0.05) is 31.2 Å². The molecule has 2 unspecified atom stereocenters. The van der Waals surface area contributed by atoms with Crippen LogP contribution in [0.5, 0.6) is 0 Å². The van der Waals surface area contributed by atoms with Gasteiger partial charge in [-0.3, -0.25) is 9.78 Å². The fourth-order valence-corrected chi connectivity index (χ4v) is 8.39. The molecule has 12 heteroatoms. The molecule has 0 amide bonds. The maximum atomic E-state index is 15.0. The standard InChI is InChI=1S/C30H30F9NO2/c1-25(22-6-8-40-9-7-22,16-27(31,32)28(33,34)29(35,36)30(37,38)39)21-4-2-20(3-5-21)23(24(41)42)26-13-17-10-18(14-26)12-19(11-17)15-26/h2-9,17-19,23H,10-16H2,1H3,(H,41,42). The molecule has 0 radical (unpaired) electrons. The second kappa shape index (κ2) is 9.87. The van der Waals surface area contributed by atoms with Crippen LogP contribution in [-0.2, 0) is 10.2 Å². The first-order valence-corrected chi connectivity index (χ1v) is 13.8. The van der Waals surface area contributed by atoms with Gasteiger partial charge in [-0.05, 0) is 90.5 Å². The zero-order valence-corrected chi connectivity index (χ0v) is 22.6. The van der Waals surface area contributed by atoms with E-state index in [1.54, 1.807) is 0 Å². The number of rotatable bonds is 9. The lowest BCUT2D eigenvalue weighted by Crippen LogP contribution is -2.62. The van der Waals surface area contributed by atoms with Crippen molar-refractivity contribution in [3.63, 3.8) is 0 Å². The molecular weight excluding hydrogens is 577 g/mol. The number of hydrogen-bond acceptors (Lipinski definition) is 2. The smallest absolute Gasteiger partial charge is 0.460 e. The predicted molar refractivity (Wildman–Crippen MR) is 134 cm³/mol. The summed E-state index contributed by atoms with van der Waals surface area (Å²) in [6.07, 6.45) is -1.25. The quantitative estimate of drug-likeness (QED) is 0.291. The number of halogens is 9. The average Bonchev–Trinajstić information content (AvgIpc) is 2.87. The van der Waals surface area contributed by atoms with Crippen LogP contribution >= 0.6 is 0 Å². The molecule has 2 aromatic rings. The molecule has 4 aliphatic rings. The van der Waals surface area contributed by atoms with E-state index in [9.17, 15) is 40.6 Å². The highest BCUT2D eigenvalue weighted by Crippen LogP contribution is 2.65. The Bertz CT molecular complexity index is 1280. The summed E-state index contributed by atoms with van der Waals surface area (Å²) in [5.74, 6) is -20.2. The number of pyridine rings is 1. The Hall–Kier alpha value is -2.79. The van der Waals surface area contributed by atoms with E-state index in [0.29, 0.717) is 23.3 Å². The molecule has 6 rings (SSSR count). The van der Waals surface area contributed by atoms with Gasteiger partial charge in [0, 0.05) is 24.2 Å². The van der Waals surface area contributed by atoms with Gasteiger partial charge >= 0.3 is 29.9 Å². The van der Waals surface area contributed by atoms with Crippen LogP contribution in [0.25, 0.3) is 0 Å². The topological polar surface area (TPSA) is 50.2 Å². The zero-order valence-electron chi connectivity index (χ0n) is 22.6. The summed E-state index contributed by atoms with van der Waals surface area (Å²) in [7, 11) is 0. The Morgan fingerprint density at radius 2 is 1.26 bits per heavy atom. The van der Waals surface area contributed by atoms with Crippen LogP contribution in [0.15, 0.2) is 48.8 Å². The maximum Gasteiger partial charge on any atom is 0.460 e. The van der Waals surface area contributed by atoms with Crippen molar-refractivity contribution in [2.45, 2.75) is 87.1 Å². The third-order valence-electron chi connectivity index (χ3n) is 9.93. The van der Waals surface area contributed by atoms with Crippen LogP contribution in [0.1, 0.15) is 74.5 Å². The molecular formula is C30H30F9NO2. The second-order valence-corrected chi connectivity index (χ2v) is 12.8. The largest absolute Gasteiger partial charge is 0.481 e. The molecule has 1 aromatic carbocycles. The van der Waals surface area contributed by atoms with E-state index in [-0.39, 0.29) is 11.1 Å². The molecule has 0 aliphatic heterocycles. The minimum atomic E-state index is -7.00. The van der Waals surface area contributed by atoms with Crippen molar-refractivity contribution in [3.8, 4) is 0 Å². The van der Waals surface area contributed by atoms with Crippen molar-refractivity contribution in [1.82, 2.24) is 4.98 Å². The Morgan fingerprint density at radius 1 is 0.810 bits per heavy atom. The number of nitrogens with zero attached hydrogens (tertiary/aromatic N) is 1. The van der Waals surface area contributed by atoms with Gasteiger partial charge in [-0.25, -0.2) is 0 Å². The van der Waals surface area contributed by atoms with Crippen LogP contribution in [-0.4, -0.2) is 40.0 Å². The number of hydrogen-bond donors (Lipinski definition) is 1. The summed E-state index contributed by atoms with van der Waals surface area (Å²) in [5, 5.41) is 10.3. The van der Waals surface area contributed by atoms with Gasteiger partial charge in [-0.2, -0.15) is 39.5 Å². The molecule has 0 spiro atoms. The number of aromatic nitrogens is 1. The normalized spacial score (nSPS) is 28.4. The van der Waals surface area contributed by atoms with E-state index in [1.807, 2.05) is 0 Å². The van der Waals surface area contributed by atoms with Gasteiger partial charge in [0.1, 0.15) is 0 Å². The van der Waals surface area contributed by atoms with E-state index in [1.165, 1.54) is 36.4 Å². The average molecular weight is 608 g/mol. The third kappa shape index (κ3) is 4.76. The second-order valence-electron chi connectivity index (χ2n) is 12.8. The summed E-state index contributed by atoms with van der Waals surface area (Å²) in [4.78, 5) is 16.4. The molecule has 4 fully saturated rings. The molecule has 2 atom stereocenters. The first kappa shape index (κ1) is 30.7. The Kier molecular flexibility index (Phi) is 7.21. The number of aliphatic carboxylic acids is 1. The highest BCUT2D eigenvalue weighted by Gasteiger charge is 2.82. The predicted octanol–water partition coefficient (Wildman–Crippen LogP) is 8.63. The number of carbonyl (C=O) groups is 1. The maximum absolute atomic E-state index is 15.0. The minimum absolute atomic E-state index is 0.0769. The van der Waals surface area contributed by atoms with Gasteiger partial charge in [0.25, 0.3) is 0 Å². The van der Waals surface area contributed by atoms with E-state index < -0.39 is 53.1 Å². The highest BCUT2D eigenvalue weighted by molar-refractivity contribution is 5.77. The summed E-state index contributed by atoms with van der Waals surface area (Å²) in [6.45, 7) is 1.04. The molecule has 42 heavy (non-hydrogen) atoms. The lowest BCUT2D eigenvalue weighted by molar-refractivity contribution is -0.397. The first-order valence-electron chi connectivity index (χ1n) is 13.8. The molecule has 230 valence electrons. The number of carboxylic acid groups (broad SMARTS) is 1. The summed E-state index contributed by atoms with van der Waals surface area (Å²) in [6, 6.07) is 7.71. The van der Waals surface area contributed by atoms with Crippen molar-refractivity contribution < 1.29 is 49.4 Å². The molecule has 1 aromatic heterocycles. The van der Waals surface area contributed by atoms with Gasteiger partial charge in [0.15, 0.2) is 0 Å². The Balaban J connectivity index is 1.53. The monoisotopic (exact) mass is 607 g/mol. The van der Waals surface area contributed by atoms with Crippen LogP contribution < -0.4 is 0 Å². The molecule has 4 aliphatic carbocycles. The molecule has 4 bridgehead atoms. The van der Waals surface area contributed by atoms with E-state index in [0.717, 1.165) is 57.8 Å². The summed E-state index contributed by atoms with van der Waals surface area (Å²) in [5.41, 5.74) is -2.43. The molecule has 4 saturated carbocycles. The highest BCUT2D eigenvalue weighted by atomic mass is 19.4. The van der Waals surface area contributed by atoms with Gasteiger partial charge in [0.2, 0.25) is 0 Å². The SMILES string of the molecule is CC(CC(F)(F)C(F)(F)C(F)(F)C(F)(F)F)(c1ccncc1)c1ccc(C(C(=O)O)C23CC4CC(CC(C4)C2)C3)cc1. The first-order chi connectivity index (χ1) is 19.3. The fraction of sp³-hybridized carbons (Fsp3) is 0.600. The van der Waals surface area contributed by atoms with Gasteiger partial charge in [-0.15, -0.1) is 0 Å². The molecule has 0 saturated heterocycles. The van der Waals surface area contributed by atoms with Gasteiger partial charge < -0.3 is 5.11 Å². The van der Waals surface area contributed by atoms with Crippen molar-refractivity contribution in [2.75, 3.05) is 0 Å². The third-order valence-corrected chi connectivity index (χ3v) is 9.93. The van der Waals surface area contributed by atoms with Crippen molar-refractivity contribution in [2.24, 2.45) is 23.2 Å². The van der Waals surface area contributed by atoms with Crippen LogP contribution in [0.2, 0.25) is 0 Å².